The fraction of sp³-hybridized carbons (Fsp3) is 0.316. The van der Waals surface area contributed by atoms with E-state index in [0.717, 1.165) is 17.6 Å². The number of fused-ring (bicyclic) bond motifs is 1. The molecule has 0 aliphatic carbocycles. The van der Waals surface area contributed by atoms with E-state index in [2.05, 4.69) is 30.9 Å². The summed E-state index contributed by atoms with van der Waals surface area (Å²) < 4.78 is 7.08. The second-order valence-corrected chi connectivity index (χ2v) is 6.23. The zero-order valence-electron chi connectivity index (χ0n) is 13.8. The van der Waals surface area contributed by atoms with Crippen molar-refractivity contribution in [3.8, 4) is 0 Å². The molecule has 0 radical (unpaired) electrons. The van der Waals surface area contributed by atoms with E-state index in [9.17, 15) is 4.79 Å². The third-order valence-corrected chi connectivity index (χ3v) is 4.10. The predicted molar refractivity (Wildman–Crippen MR) is 92.3 cm³/mol. The molecule has 0 fully saturated rings. The molecule has 0 aliphatic rings. The van der Waals surface area contributed by atoms with Crippen LogP contribution in [0.3, 0.4) is 0 Å². The topological polar surface area (TPSA) is 38.4 Å². The molecule has 2 aromatic carbocycles. The van der Waals surface area contributed by atoms with Crippen LogP contribution < -0.4 is 5.76 Å². The number of benzene rings is 2. The van der Waals surface area contributed by atoms with Crippen LogP contribution in [0.2, 0.25) is 0 Å². The summed E-state index contributed by atoms with van der Waals surface area (Å²) in [5.41, 5.74) is 3.85. The summed E-state index contributed by atoms with van der Waals surface area (Å²) in [4.78, 5) is 14.5. The van der Waals surface area contributed by atoms with E-state index in [4.69, 9.17) is 4.42 Å². The minimum absolute atomic E-state index is 0.302. The van der Waals surface area contributed by atoms with Gasteiger partial charge in [0.15, 0.2) is 5.58 Å². The van der Waals surface area contributed by atoms with Crippen LogP contribution in [0.1, 0.15) is 25.0 Å². The highest BCUT2D eigenvalue weighted by Gasteiger charge is 2.16. The fourth-order valence-corrected chi connectivity index (χ4v) is 2.70. The van der Waals surface area contributed by atoms with Crippen molar-refractivity contribution in [2.45, 2.75) is 40.0 Å². The number of aromatic nitrogens is 1. The van der Waals surface area contributed by atoms with Crippen molar-refractivity contribution in [1.29, 1.82) is 0 Å². The van der Waals surface area contributed by atoms with Crippen molar-refractivity contribution in [3.05, 3.63) is 70.2 Å². The fourth-order valence-electron chi connectivity index (χ4n) is 2.70. The van der Waals surface area contributed by atoms with Gasteiger partial charge in [-0.05, 0) is 44.0 Å². The normalized spacial score (nSPS) is 11.7. The number of hydrogen-bond acceptors (Lipinski definition) is 3. The van der Waals surface area contributed by atoms with Crippen molar-refractivity contribution in [2.75, 3.05) is 0 Å². The van der Waals surface area contributed by atoms with E-state index in [1.54, 1.807) is 4.57 Å². The lowest BCUT2D eigenvalue weighted by Crippen LogP contribution is -2.35. The molecule has 1 aromatic heterocycles. The Morgan fingerprint density at radius 2 is 1.87 bits per heavy atom. The van der Waals surface area contributed by atoms with E-state index in [1.807, 2.05) is 43.3 Å². The second-order valence-electron chi connectivity index (χ2n) is 6.23. The Hall–Kier alpha value is -2.33. The Labute approximate surface area is 136 Å². The monoisotopic (exact) mass is 310 g/mol. The number of rotatable bonds is 5. The maximum absolute atomic E-state index is 12.2. The third kappa shape index (κ3) is 3.37. The molecule has 0 unspecified atom stereocenters. The number of oxazole rings is 1. The average molecular weight is 310 g/mol. The summed E-state index contributed by atoms with van der Waals surface area (Å²) in [7, 11) is 0. The highest BCUT2D eigenvalue weighted by atomic mass is 16.4. The largest absolute Gasteiger partial charge is 0.421 e. The molecule has 4 nitrogen and oxygen atoms in total. The SMILES string of the molecule is Cc1ccc2oc(=O)n(CN(Cc3ccccc3)C(C)C)c2c1. The summed E-state index contributed by atoms with van der Waals surface area (Å²) in [6, 6.07) is 16.4. The molecule has 3 rings (SSSR count). The molecule has 3 aromatic rings. The van der Waals surface area contributed by atoms with Gasteiger partial charge in [0.2, 0.25) is 0 Å². The van der Waals surface area contributed by atoms with Gasteiger partial charge in [-0.25, -0.2) is 4.79 Å². The third-order valence-electron chi connectivity index (χ3n) is 4.10. The van der Waals surface area contributed by atoms with Gasteiger partial charge in [-0.1, -0.05) is 36.4 Å². The summed E-state index contributed by atoms with van der Waals surface area (Å²) in [6.45, 7) is 7.61. The first-order chi connectivity index (χ1) is 11.0. The lowest BCUT2D eigenvalue weighted by Gasteiger charge is -2.26. The van der Waals surface area contributed by atoms with E-state index in [-0.39, 0.29) is 5.76 Å². The molecule has 0 aliphatic heterocycles. The van der Waals surface area contributed by atoms with Crippen LogP contribution in [-0.2, 0) is 13.2 Å². The first kappa shape index (κ1) is 15.6. The molecule has 0 atom stereocenters. The van der Waals surface area contributed by atoms with Crippen LogP contribution in [0, 0.1) is 6.92 Å². The van der Waals surface area contributed by atoms with Crippen LogP contribution >= 0.6 is 0 Å². The van der Waals surface area contributed by atoms with Gasteiger partial charge in [0.1, 0.15) is 0 Å². The molecule has 0 saturated heterocycles. The van der Waals surface area contributed by atoms with Crippen molar-refractivity contribution < 1.29 is 4.42 Å². The lowest BCUT2D eigenvalue weighted by molar-refractivity contribution is 0.160. The Bertz CT molecular complexity index is 847. The van der Waals surface area contributed by atoms with Crippen LogP contribution in [0.4, 0.5) is 0 Å². The molecule has 23 heavy (non-hydrogen) atoms. The van der Waals surface area contributed by atoms with E-state index >= 15 is 0 Å². The van der Waals surface area contributed by atoms with Gasteiger partial charge in [0.05, 0.1) is 12.2 Å². The average Bonchev–Trinajstić information content (AvgIpc) is 2.83. The number of nitrogens with zero attached hydrogens (tertiary/aromatic N) is 2. The van der Waals surface area contributed by atoms with Gasteiger partial charge in [0, 0.05) is 12.6 Å². The first-order valence-corrected chi connectivity index (χ1v) is 7.92. The molecule has 0 bridgehead atoms. The van der Waals surface area contributed by atoms with E-state index in [0.29, 0.717) is 18.3 Å². The smallest absolute Gasteiger partial charge is 0.408 e. The second kappa shape index (κ2) is 6.42. The van der Waals surface area contributed by atoms with E-state index < -0.39 is 0 Å². The molecular formula is C19H22N2O2. The van der Waals surface area contributed by atoms with Gasteiger partial charge in [0.25, 0.3) is 0 Å². The quantitative estimate of drug-likeness (QED) is 0.720. The molecule has 0 N–H and O–H groups in total. The van der Waals surface area contributed by atoms with E-state index in [1.165, 1.54) is 5.56 Å². The molecule has 1 heterocycles. The number of aryl methyl sites for hydroxylation is 1. The molecular weight excluding hydrogens is 288 g/mol. The van der Waals surface area contributed by atoms with Crippen molar-refractivity contribution >= 4 is 11.1 Å². The minimum atomic E-state index is -0.302. The summed E-state index contributed by atoms with van der Waals surface area (Å²) in [6.07, 6.45) is 0. The maximum Gasteiger partial charge on any atom is 0.421 e. The number of hydrogen-bond donors (Lipinski definition) is 0. The first-order valence-electron chi connectivity index (χ1n) is 7.92. The lowest BCUT2D eigenvalue weighted by atomic mass is 10.2. The van der Waals surface area contributed by atoms with Crippen LogP contribution in [0.25, 0.3) is 11.1 Å². The maximum atomic E-state index is 12.2. The Balaban J connectivity index is 1.93. The molecule has 0 saturated carbocycles. The van der Waals surface area contributed by atoms with Crippen LogP contribution in [-0.4, -0.2) is 15.5 Å². The summed E-state index contributed by atoms with van der Waals surface area (Å²) >= 11 is 0. The zero-order valence-corrected chi connectivity index (χ0v) is 13.8. The molecule has 0 spiro atoms. The molecule has 4 heteroatoms. The summed E-state index contributed by atoms with van der Waals surface area (Å²) in [5.74, 6) is -0.302. The highest BCUT2D eigenvalue weighted by molar-refractivity contribution is 5.73. The Kier molecular flexibility index (Phi) is 4.35. The zero-order chi connectivity index (χ0) is 16.4. The standard InChI is InChI=1S/C19H22N2O2/c1-14(2)20(12-16-7-5-4-6-8-16)13-21-17-11-15(3)9-10-18(17)23-19(21)22/h4-11,14H,12-13H2,1-3H3. The molecule has 120 valence electrons. The van der Waals surface area contributed by atoms with Gasteiger partial charge >= 0.3 is 5.76 Å². The Morgan fingerprint density at radius 3 is 2.57 bits per heavy atom. The highest BCUT2D eigenvalue weighted by Crippen LogP contribution is 2.17. The van der Waals surface area contributed by atoms with Crippen LogP contribution in [0.5, 0.6) is 0 Å². The van der Waals surface area contributed by atoms with Gasteiger partial charge < -0.3 is 4.42 Å². The Morgan fingerprint density at radius 1 is 1.13 bits per heavy atom. The predicted octanol–water partition coefficient (Wildman–Crippen LogP) is 3.77. The summed E-state index contributed by atoms with van der Waals surface area (Å²) in [5, 5.41) is 0. The minimum Gasteiger partial charge on any atom is -0.408 e. The van der Waals surface area contributed by atoms with Gasteiger partial charge in [-0.15, -0.1) is 0 Å². The van der Waals surface area contributed by atoms with Gasteiger partial charge in [-0.3, -0.25) is 9.47 Å². The van der Waals surface area contributed by atoms with Crippen molar-refractivity contribution in [1.82, 2.24) is 9.47 Å². The van der Waals surface area contributed by atoms with Crippen molar-refractivity contribution in [3.63, 3.8) is 0 Å². The van der Waals surface area contributed by atoms with Gasteiger partial charge in [-0.2, -0.15) is 0 Å². The van der Waals surface area contributed by atoms with Crippen molar-refractivity contribution in [2.24, 2.45) is 0 Å². The molecule has 0 amide bonds. The van der Waals surface area contributed by atoms with Crippen LogP contribution in [0.15, 0.2) is 57.7 Å².